The Balaban J connectivity index is 1.74. The van der Waals surface area contributed by atoms with Crippen molar-refractivity contribution in [3.63, 3.8) is 0 Å². The van der Waals surface area contributed by atoms with E-state index in [1.807, 2.05) is 7.05 Å². The van der Waals surface area contributed by atoms with Crippen LogP contribution in [0.4, 0.5) is 0 Å². The van der Waals surface area contributed by atoms with Crippen LogP contribution in [0.5, 0.6) is 0 Å². The summed E-state index contributed by atoms with van der Waals surface area (Å²) < 4.78 is 10.5. The SMILES string of the molecule is CN1C=CN(C(C)(C)CCOC(C)(C)CCn2cc[n+](C)c2)C1. The maximum Gasteiger partial charge on any atom is 0.243 e. The van der Waals surface area contributed by atoms with Crippen LogP contribution in [0.25, 0.3) is 0 Å². The van der Waals surface area contributed by atoms with E-state index in [9.17, 15) is 0 Å². The second-order valence-corrected chi connectivity index (χ2v) is 7.90. The van der Waals surface area contributed by atoms with Crippen molar-refractivity contribution in [1.82, 2.24) is 14.4 Å². The van der Waals surface area contributed by atoms with E-state index in [-0.39, 0.29) is 11.1 Å². The molecule has 0 saturated heterocycles. The molecule has 5 nitrogen and oxygen atoms in total. The highest BCUT2D eigenvalue weighted by atomic mass is 16.5. The molecule has 5 heteroatoms. The quantitative estimate of drug-likeness (QED) is 0.687. The van der Waals surface area contributed by atoms with E-state index in [4.69, 9.17) is 4.74 Å². The minimum atomic E-state index is -0.101. The molecule has 0 fully saturated rings. The molecule has 0 aliphatic carbocycles. The number of imidazole rings is 1. The van der Waals surface area contributed by atoms with Crippen LogP contribution < -0.4 is 4.57 Å². The van der Waals surface area contributed by atoms with Gasteiger partial charge in [-0.15, -0.1) is 0 Å². The number of aryl methyl sites for hydroxylation is 2. The minimum Gasteiger partial charge on any atom is -0.375 e. The standard InChI is InChI=1S/C18H33N4O/c1-17(2,22-13-11-20(6)16-22)8-14-23-18(3,4)7-9-21-12-10-19(5)15-21/h10-13,15H,7-9,14,16H2,1-6H3/q+1. The second-order valence-electron chi connectivity index (χ2n) is 7.90. The van der Waals surface area contributed by atoms with E-state index in [1.54, 1.807) is 0 Å². The summed E-state index contributed by atoms with van der Waals surface area (Å²) in [6.07, 6.45) is 12.6. The lowest BCUT2D eigenvalue weighted by Gasteiger charge is -2.37. The summed E-state index contributed by atoms with van der Waals surface area (Å²) in [5.41, 5.74) is 0.0160. The summed E-state index contributed by atoms with van der Waals surface area (Å²) in [7, 11) is 4.15. The lowest BCUT2D eigenvalue weighted by molar-refractivity contribution is -0.671. The first-order valence-corrected chi connectivity index (χ1v) is 8.48. The summed E-state index contributed by atoms with van der Waals surface area (Å²) in [6.45, 7) is 11.7. The molecule has 1 aliphatic rings. The Kier molecular flexibility index (Phi) is 5.40. The predicted octanol–water partition coefficient (Wildman–Crippen LogP) is 2.34. The Bertz CT molecular complexity index is 533. The molecular formula is C18H33N4O+. The first kappa shape index (κ1) is 17.9. The molecule has 0 saturated carbocycles. The van der Waals surface area contributed by atoms with E-state index < -0.39 is 0 Å². The average Bonchev–Trinajstić information content (AvgIpc) is 3.05. The van der Waals surface area contributed by atoms with Gasteiger partial charge in [0.25, 0.3) is 0 Å². The van der Waals surface area contributed by atoms with E-state index in [0.29, 0.717) is 0 Å². The molecule has 1 aromatic rings. The third-order valence-corrected chi connectivity index (χ3v) is 4.66. The molecule has 0 aromatic carbocycles. The molecule has 130 valence electrons. The zero-order valence-corrected chi connectivity index (χ0v) is 15.6. The summed E-state index contributed by atoms with van der Waals surface area (Å²) >= 11 is 0. The van der Waals surface area contributed by atoms with Gasteiger partial charge in [0, 0.05) is 38.0 Å². The van der Waals surface area contributed by atoms with Gasteiger partial charge in [0.1, 0.15) is 12.4 Å². The van der Waals surface area contributed by atoms with Gasteiger partial charge in [-0.25, -0.2) is 9.13 Å². The van der Waals surface area contributed by atoms with Gasteiger partial charge in [0.2, 0.25) is 6.33 Å². The lowest BCUT2D eigenvalue weighted by atomic mass is 9.99. The highest BCUT2D eigenvalue weighted by molar-refractivity contribution is 4.96. The molecule has 0 spiro atoms. The predicted molar refractivity (Wildman–Crippen MR) is 92.6 cm³/mol. The summed E-state index contributed by atoms with van der Waals surface area (Å²) in [5, 5.41) is 0. The van der Waals surface area contributed by atoms with E-state index in [0.717, 1.165) is 32.7 Å². The third-order valence-electron chi connectivity index (χ3n) is 4.66. The fourth-order valence-corrected chi connectivity index (χ4v) is 2.75. The van der Waals surface area contributed by atoms with Gasteiger partial charge in [-0.2, -0.15) is 0 Å². The molecule has 0 N–H and O–H groups in total. The Morgan fingerprint density at radius 3 is 2.43 bits per heavy atom. The lowest BCUT2D eigenvalue weighted by Crippen LogP contribution is -2.43. The fourth-order valence-electron chi connectivity index (χ4n) is 2.75. The monoisotopic (exact) mass is 321 g/mol. The Hall–Kier alpha value is -1.49. The van der Waals surface area contributed by atoms with Gasteiger partial charge in [0.15, 0.2) is 0 Å². The smallest absolute Gasteiger partial charge is 0.243 e. The van der Waals surface area contributed by atoms with Crippen molar-refractivity contribution in [1.29, 1.82) is 0 Å². The van der Waals surface area contributed by atoms with Crippen molar-refractivity contribution in [2.24, 2.45) is 7.05 Å². The zero-order chi connectivity index (χ0) is 17.1. The van der Waals surface area contributed by atoms with Crippen LogP contribution >= 0.6 is 0 Å². The van der Waals surface area contributed by atoms with Crippen molar-refractivity contribution in [3.05, 3.63) is 31.1 Å². The van der Waals surface area contributed by atoms with E-state index >= 15 is 0 Å². The molecule has 2 heterocycles. The van der Waals surface area contributed by atoms with Crippen LogP contribution in [0.1, 0.15) is 40.5 Å². The van der Waals surface area contributed by atoms with Crippen LogP contribution in [0.3, 0.4) is 0 Å². The van der Waals surface area contributed by atoms with Crippen LogP contribution in [-0.2, 0) is 18.3 Å². The second kappa shape index (κ2) is 6.95. The average molecular weight is 321 g/mol. The van der Waals surface area contributed by atoms with Gasteiger partial charge in [-0.05, 0) is 34.1 Å². The van der Waals surface area contributed by atoms with Crippen LogP contribution in [0.15, 0.2) is 31.1 Å². The molecule has 0 radical (unpaired) electrons. The molecule has 23 heavy (non-hydrogen) atoms. The summed E-state index contributed by atoms with van der Waals surface area (Å²) in [5.74, 6) is 0. The number of rotatable bonds is 8. The topological polar surface area (TPSA) is 24.5 Å². The van der Waals surface area contributed by atoms with E-state index in [2.05, 4.69) is 84.8 Å². The summed E-state index contributed by atoms with van der Waals surface area (Å²) in [4.78, 5) is 4.58. The van der Waals surface area contributed by atoms with E-state index in [1.165, 1.54) is 0 Å². The Morgan fingerprint density at radius 1 is 1.13 bits per heavy atom. The van der Waals surface area contributed by atoms with Crippen LogP contribution in [-0.4, -0.2) is 45.8 Å². The maximum absolute atomic E-state index is 6.20. The van der Waals surface area contributed by atoms with Crippen molar-refractivity contribution in [2.45, 2.75) is 58.2 Å². The molecule has 0 atom stereocenters. The number of hydrogen-bond acceptors (Lipinski definition) is 3. The first-order valence-electron chi connectivity index (χ1n) is 8.48. The van der Waals surface area contributed by atoms with Gasteiger partial charge in [-0.3, -0.25) is 0 Å². The number of hydrogen-bond donors (Lipinski definition) is 0. The van der Waals surface area contributed by atoms with Gasteiger partial charge in [-0.1, -0.05) is 0 Å². The maximum atomic E-state index is 6.20. The highest BCUT2D eigenvalue weighted by Gasteiger charge is 2.28. The number of nitrogens with zero attached hydrogens (tertiary/aromatic N) is 4. The van der Waals surface area contributed by atoms with Gasteiger partial charge < -0.3 is 14.5 Å². The normalized spacial score (nSPS) is 15.7. The summed E-state index contributed by atoms with van der Waals surface area (Å²) in [6, 6.07) is 0. The number of aromatic nitrogens is 2. The highest BCUT2D eigenvalue weighted by Crippen LogP contribution is 2.24. The molecule has 2 rings (SSSR count). The Labute approximate surface area is 141 Å². The molecule has 0 bridgehead atoms. The van der Waals surface area contributed by atoms with Crippen molar-refractivity contribution in [2.75, 3.05) is 20.3 Å². The molecular weight excluding hydrogens is 288 g/mol. The molecule has 1 aliphatic heterocycles. The van der Waals surface area contributed by atoms with Crippen molar-refractivity contribution < 1.29 is 9.30 Å². The van der Waals surface area contributed by atoms with Gasteiger partial charge >= 0.3 is 0 Å². The van der Waals surface area contributed by atoms with Gasteiger partial charge in [0.05, 0.1) is 25.9 Å². The first-order chi connectivity index (χ1) is 10.7. The third kappa shape index (κ3) is 5.27. The van der Waals surface area contributed by atoms with Crippen LogP contribution in [0, 0.1) is 0 Å². The largest absolute Gasteiger partial charge is 0.375 e. The fraction of sp³-hybridized carbons (Fsp3) is 0.722. The number of ether oxygens (including phenoxy) is 1. The van der Waals surface area contributed by atoms with Crippen molar-refractivity contribution >= 4 is 0 Å². The Morgan fingerprint density at radius 2 is 1.87 bits per heavy atom. The molecule has 0 amide bonds. The minimum absolute atomic E-state index is 0.101. The van der Waals surface area contributed by atoms with Crippen molar-refractivity contribution in [3.8, 4) is 0 Å². The molecule has 0 unspecified atom stereocenters. The molecule has 1 aromatic heterocycles. The van der Waals surface area contributed by atoms with Crippen LogP contribution in [0.2, 0.25) is 0 Å². The zero-order valence-electron chi connectivity index (χ0n) is 15.6.